The van der Waals surface area contributed by atoms with Crippen LogP contribution in [0, 0.1) is 10.8 Å². The van der Waals surface area contributed by atoms with Gasteiger partial charge in [-0.2, -0.15) is 0 Å². The third-order valence-electron chi connectivity index (χ3n) is 10.4. The number of esters is 3. The fraction of sp³-hybridized carbons (Fsp3) is 0.645. The van der Waals surface area contributed by atoms with E-state index >= 15 is 0 Å². The van der Waals surface area contributed by atoms with Gasteiger partial charge in [0.1, 0.15) is 18.3 Å². The van der Waals surface area contributed by atoms with E-state index in [1.807, 2.05) is 0 Å². The molecule has 0 aromatic rings. The van der Waals surface area contributed by atoms with Gasteiger partial charge in [-0.15, -0.1) is 0 Å². The second-order valence-corrected chi connectivity index (χ2v) is 12.4. The van der Waals surface area contributed by atoms with Crippen molar-refractivity contribution >= 4 is 17.9 Å². The van der Waals surface area contributed by atoms with Gasteiger partial charge in [-0.1, -0.05) is 30.7 Å². The summed E-state index contributed by atoms with van der Waals surface area (Å²) in [5, 5.41) is 10.8. The maximum absolute atomic E-state index is 13.5. The van der Waals surface area contributed by atoms with Crippen molar-refractivity contribution in [2.75, 3.05) is 19.8 Å². The number of hydrogen-bond donors (Lipinski definition) is 1. The van der Waals surface area contributed by atoms with E-state index in [4.69, 9.17) is 28.4 Å². The number of cyclic esters (lactones) is 1. The Hall–Kier alpha value is -2.79. The minimum absolute atomic E-state index is 0.0263. The molecule has 0 aromatic heterocycles. The minimum atomic E-state index is -1.48. The summed E-state index contributed by atoms with van der Waals surface area (Å²) in [5.41, 5.74) is -1.81. The van der Waals surface area contributed by atoms with Crippen molar-refractivity contribution in [1.29, 1.82) is 0 Å². The molecule has 4 aliphatic heterocycles. The molecule has 9 atom stereocenters. The molecule has 0 radical (unpaired) electrons. The van der Waals surface area contributed by atoms with Crippen LogP contribution >= 0.6 is 0 Å². The van der Waals surface area contributed by atoms with Crippen LogP contribution in [0.4, 0.5) is 0 Å². The summed E-state index contributed by atoms with van der Waals surface area (Å²) < 4.78 is 36.6. The van der Waals surface area contributed by atoms with Gasteiger partial charge in [0.15, 0.2) is 11.7 Å². The van der Waals surface area contributed by atoms with Gasteiger partial charge in [0.25, 0.3) is 0 Å². The van der Waals surface area contributed by atoms with Crippen molar-refractivity contribution in [1.82, 2.24) is 0 Å². The van der Waals surface area contributed by atoms with E-state index in [2.05, 4.69) is 19.9 Å². The third-order valence-corrected chi connectivity index (χ3v) is 10.4. The Bertz CT molecular complexity index is 1260. The Morgan fingerprint density at radius 2 is 1.90 bits per heavy atom. The van der Waals surface area contributed by atoms with Gasteiger partial charge >= 0.3 is 17.9 Å². The fourth-order valence-corrected chi connectivity index (χ4v) is 7.98. The summed E-state index contributed by atoms with van der Waals surface area (Å²) in [4.78, 5) is 38.8. The molecule has 222 valence electrons. The quantitative estimate of drug-likeness (QED) is 0.229. The first-order valence-corrected chi connectivity index (χ1v) is 14.4. The SMILES string of the molecule is CC(=O)OC1/C2=C/C(=O)OC[C@]34CCC(C)=C[C@H]3O[C@@H]3C[C@@H](OC(=O)/C=C\C=C\C1(C(C)O)OCC2)[C@@]4(C)C31CO1. The summed E-state index contributed by atoms with van der Waals surface area (Å²) in [6.07, 6.45) is 8.28. The summed E-state index contributed by atoms with van der Waals surface area (Å²) in [5.74, 6) is -1.73. The average Bonchev–Trinajstić information content (AvgIpc) is 3.69. The van der Waals surface area contributed by atoms with E-state index in [0.29, 0.717) is 31.4 Å². The van der Waals surface area contributed by atoms with E-state index in [1.165, 1.54) is 37.6 Å². The molecular formula is C31H38O10. The minimum Gasteiger partial charge on any atom is -0.462 e. The van der Waals surface area contributed by atoms with Crippen molar-refractivity contribution < 1.29 is 47.9 Å². The van der Waals surface area contributed by atoms with Gasteiger partial charge in [-0.05, 0) is 44.8 Å². The molecule has 3 saturated heterocycles. The maximum Gasteiger partial charge on any atom is 0.331 e. The topological polar surface area (TPSA) is 130 Å². The highest BCUT2D eigenvalue weighted by Crippen LogP contribution is 2.72. The molecule has 4 unspecified atom stereocenters. The Kier molecular flexibility index (Phi) is 6.84. The molecule has 6 aliphatic rings. The Labute approximate surface area is 239 Å². The molecule has 4 bridgehead atoms. The monoisotopic (exact) mass is 570 g/mol. The van der Waals surface area contributed by atoms with Gasteiger partial charge in [-0.3, -0.25) is 4.79 Å². The molecule has 10 heteroatoms. The number of carbonyl (C=O) groups is 3. The second-order valence-electron chi connectivity index (χ2n) is 12.4. The number of allylic oxidation sites excluding steroid dienone is 3. The maximum atomic E-state index is 13.5. The molecule has 0 aromatic carbocycles. The fourth-order valence-electron chi connectivity index (χ4n) is 7.98. The predicted octanol–water partition coefficient (Wildman–Crippen LogP) is 2.64. The smallest absolute Gasteiger partial charge is 0.331 e. The van der Waals surface area contributed by atoms with Crippen LogP contribution in [0.3, 0.4) is 0 Å². The van der Waals surface area contributed by atoms with Crippen LogP contribution in [0.5, 0.6) is 0 Å². The zero-order chi connectivity index (χ0) is 29.2. The van der Waals surface area contributed by atoms with E-state index < -0.39 is 58.3 Å². The first-order chi connectivity index (χ1) is 19.5. The van der Waals surface area contributed by atoms with Gasteiger partial charge in [-0.25, -0.2) is 9.59 Å². The number of carbonyl (C=O) groups excluding carboxylic acids is 3. The molecule has 1 N–H and O–H groups in total. The lowest BCUT2D eigenvalue weighted by Crippen LogP contribution is -2.66. The first kappa shape index (κ1) is 28.3. The number of rotatable bonds is 2. The lowest BCUT2D eigenvalue weighted by Gasteiger charge is -2.58. The van der Waals surface area contributed by atoms with E-state index in [-0.39, 0.29) is 25.4 Å². The standard InChI is InChI=1S/C31H38O10/c1-18-8-11-29-16-36-26(35)14-21-9-12-37-30(19(2)32,27(21)39-20(3)33)10-6-5-7-25(34)41-22-15-24(40-23(29)13-18)31(17-38-31)28(22,29)4/h5-7,10,13-14,19,22-24,27,32H,8-9,11-12,15-17H2,1-4H3/b7-5-,10-6+,21-14+/t19?,22-,23-,24-,27?,28-,29-,30?,31?/m1/s1. The predicted molar refractivity (Wildman–Crippen MR) is 143 cm³/mol. The molecular weight excluding hydrogens is 532 g/mol. The highest BCUT2D eigenvalue weighted by atomic mass is 16.6. The Morgan fingerprint density at radius 1 is 1.12 bits per heavy atom. The highest BCUT2D eigenvalue weighted by molar-refractivity contribution is 5.84. The molecule has 2 spiro atoms. The van der Waals surface area contributed by atoms with Crippen molar-refractivity contribution in [3.8, 4) is 0 Å². The summed E-state index contributed by atoms with van der Waals surface area (Å²) >= 11 is 0. The Balaban J connectivity index is 1.45. The van der Waals surface area contributed by atoms with Crippen LogP contribution in [-0.4, -0.2) is 84.6 Å². The van der Waals surface area contributed by atoms with E-state index in [0.717, 1.165) is 6.42 Å². The zero-order valence-electron chi connectivity index (χ0n) is 23.9. The number of ether oxygens (including phenoxy) is 6. The van der Waals surface area contributed by atoms with Gasteiger partial charge in [0, 0.05) is 30.9 Å². The molecule has 1 saturated carbocycles. The second kappa shape index (κ2) is 9.90. The molecule has 4 heterocycles. The van der Waals surface area contributed by atoms with Crippen LogP contribution in [0.2, 0.25) is 0 Å². The number of hydrogen-bond acceptors (Lipinski definition) is 10. The van der Waals surface area contributed by atoms with Crippen LogP contribution < -0.4 is 0 Å². The van der Waals surface area contributed by atoms with E-state index in [9.17, 15) is 19.5 Å². The molecule has 0 amide bonds. The van der Waals surface area contributed by atoms with Crippen LogP contribution in [-0.2, 0) is 42.8 Å². The first-order valence-electron chi connectivity index (χ1n) is 14.4. The normalized spacial score (nSPS) is 47.0. The lowest BCUT2D eigenvalue weighted by atomic mass is 9.51. The summed E-state index contributed by atoms with van der Waals surface area (Å²) in [7, 11) is 0. The third kappa shape index (κ3) is 4.17. The number of epoxide rings is 1. The van der Waals surface area contributed by atoms with Crippen LogP contribution in [0.25, 0.3) is 0 Å². The summed E-state index contributed by atoms with van der Waals surface area (Å²) in [6, 6.07) is 0. The molecule has 2 aliphatic carbocycles. The summed E-state index contributed by atoms with van der Waals surface area (Å²) in [6.45, 7) is 7.61. The molecule has 6 rings (SSSR count). The van der Waals surface area contributed by atoms with Gasteiger partial charge < -0.3 is 33.5 Å². The Morgan fingerprint density at radius 3 is 2.61 bits per heavy atom. The van der Waals surface area contributed by atoms with Crippen LogP contribution in [0.15, 0.2) is 47.6 Å². The average molecular weight is 571 g/mol. The highest BCUT2D eigenvalue weighted by Gasteiger charge is 2.83. The zero-order valence-corrected chi connectivity index (χ0v) is 23.9. The van der Waals surface area contributed by atoms with E-state index in [1.54, 1.807) is 12.2 Å². The number of aliphatic hydroxyl groups excluding tert-OH is 1. The molecule has 4 fully saturated rings. The van der Waals surface area contributed by atoms with Crippen molar-refractivity contribution in [2.24, 2.45) is 10.8 Å². The molecule has 41 heavy (non-hydrogen) atoms. The van der Waals surface area contributed by atoms with Gasteiger partial charge in [0.05, 0.1) is 36.9 Å². The molecule has 10 nitrogen and oxygen atoms in total. The largest absolute Gasteiger partial charge is 0.462 e. The number of aliphatic hydroxyl groups is 1. The van der Waals surface area contributed by atoms with Crippen molar-refractivity contribution in [3.05, 3.63) is 47.6 Å². The van der Waals surface area contributed by atoms with Crippen LogP contribution in [0.1, 0.15) is 53.4 Å². The van der Waals surface area contributed by atoms with Crippen molar-refractivity contribution in [3.63, 3.8) is 0 Å². The van der Waals surface area contributed by atoms with Crippen molar-refractivity contribution in [2.45, 2.75) is 95.1 Å². The number of fused-ring (bicyclic) bond motifs is 2. The van der Waals surface area contributed by atoms with Gasteiger partial charge in [0.2, 0.25) is 0 Å². The lowest BCUT2D eigenvalue weighted by molar-refractivity contribution is -0.232.